The number of hydrogen-bond donors (Lipinski definition) is 0. The fourth-order valence-corrected chi connectivity index (χ4v) is 3.88. The summed E-state index contributed by atoms with van der Waals surface area (Å²) >= 11 is 0. The van der Waals surface area contributed by atoms with Crippen molar-refractivity contribution in [1.82, 2.24) is 15.0 Å². The summed E-state index contributed by atoms with van der Waals surface area (Å²) in [6, 6.07) is 8.19. The molecule has 4 heterocycles. The normalized spacial score (nSPS) is 16.8. The van der Waals surface area contributed by atoms with Gasteiger partial charge in [0.1, 0.15) is 12.7 Å². The number of nitrogens with zero attached hydrogens (tertiary/aromatic N) is 3. The second kappa shape index (κ2) is 7.29. The smallest absolute Gasteiger partial charge is 0.180 e. The molecule has 0 saturated heterocycles. The molecule has 0 fully saturated rings. The highest BCUT2D eigenvalue weighted by Gasteiger charge is 2.30. The molecule has 0 N–H and O–H groups in total. The van der Waals surface area contributed by atoms with Crippen LogP contribution in [0.3, 0.4) is 0 Å². The van der Waals surface area contributed by atoms with Gasteiger partial charge in [-0.3, -0.25) is 4.98 Å². The topological polar surface area (TPSA) is 57.1 Å². The largest absolute Gasteiger partial charge is 0.486 e. The minimum atomic E-state index is -0.0133. The molecule has 3 aromatic heterocycles. The summed E-state index contributed by atoms with van der Waals surface area (Å²) in [7, 11) is 0. The maximum Gasteiger partial charge on any atom is 0.180 e. The molecule has 1 aliphatic heterocycles. The van der Waals surface area contributed by atoms with Crippen LogP contribution in [0.15, 0.2) is 42.9 Å². The van der Waals surface area contributed by atoms with Crippen LogP contribution in [0.2, 0.25) is 0 Å². The molecule has 0 bridgehead atoms. The monoisotopic (exact) mass is 391 g/mol. The number of aromatic nitrogens is 3. The summed E-state index contributed by atoms with van der Waals surface area (Å²) in [5.41, 5.74) is 3.04. The zero-order valence-corrected chi connectivity index (χ0v) is 17.9. The van der Waals surface area contributed by atoms with Gasteiger partial charge < -0.3 is 9.47 Å². The molecule has 5 nitrogen and oxygen atoms in total. The molecule has 1 aliphatic rings. The van der Waals surface area contributed by atoms with Crippen LogP contribution in [0, 0.1) is 5.41 Å². The van der Waals surface area contributed by atoms with Gasteiger partial charge in [0.15, 0.2) is 17.1 Å². The van der Waals surface area contributed by atoms with Gasteiger partial charge in [-0.25, -0.2) is 9.97 Å². The number of rotatable bonds is 4. The molecule has 0 amide bonds. The minimum Gasteiger partial charge on any atom is -0.486 e. The number of pyridine rings is 3. The molecular formula is C24H29N3O2. The maximum atomic E-state index is 6.23. The lowest BCUT2D eigenvalue weighted by molar-refractivity contribution is 0.0556. The van der Waals surface area contributed by atoms with Crippen molar-refractivity contribution < 1.29 is 9.47 Å². The Balaban J connectivity index is 1.44. The van der Waals surface area contributed by atoms with Crippen LogP contribution in [-0.2, 0) is 11.8 Å². The minimum absolute atomic E-state index is 0.00914. The van der Waals surface area contributed by atoms with Gasteiger partial charge in [0.05, 0.1) is 6.20 Å². The highest BCUT2D eigenvalue weighted by Crippen LogP contribution is 2.37. The van der Waals surface area contributed by atoms with Crippen molar-refractivity contribution in [1.29, 1.82) is 0 Å². The summed E-state index contributed by atoms with van der Waals surface area (Å²) in [4.78, 5) is 13.4. The van der Waals surface area contributed by atoms with E-state index in [1.165, 1.54) is 5.56 Å². The Kier molecular flexibility index (Phi) is 4.93. The Bertz CT molecular complexity index is 1020. The van der Waals surface area contributed by atoms with Gasteiger partial charge in [-0.1, -0.05) is 34.6 Å². The van der Waals surface area contributed by atoms with Gasteiger partial charge in [0, 0.05) is 35.0 Å². The predicted octanol–water partition coefficient (Wildman–Crippen LogP) is 5.12. The molecular weight excluding hydrogens is 362 g/mol. The molecule has 0 saturated carbocycles. The van der Waals surface area contributed by atoms with Crippen LogP contribution in [0.4, 0.5) is 0 Å². The third kappa shape index (κ3) is 4.50. The lowest BCUT2D eigenvalue weighted by atomic mass is 9.81. The lowest BCUT2D eigenvalue weighted by Gasteiger charge is -2.33. The Morgan fingerprint density at radius 2 is 1.83 bits per heavy atom. The highest BCUT2D eigenvalue weighted by molar-refractivity contribution is 5.74. The SMILES string of the molecule is CC(C)(Cc1cnc2ncccc2c1)CC1COc2cc(C(C)(C)C)ncc2O1. The lowest BCUT2D eigenvalue weighted by Crippen LogP contribution is -2.35. The van der Waals surface area contributed by atoms with Crippen molar-refractivity contribution in [2.24, 2.45) is 5.41 Å². The Morgan fingerprint density at radius 1 is 1.00 bits per heavy atom. The van der Waals surface area contributed by atoms with E-state index in [-0.39, 0.29) is 16.9 Å². The fourth-order valence-electron chi connectivity index (χ4n) is 3.88. The first-order valence-electron chi connectivity index (χ1n) is 10.2. The van der Waals surface area contributed by atoms with E-state index in [1.807, 2.05) is 18.3 Å². The summed E-state index contributed by atoms with van der Waals surface area (Å²) in [5, 5.41) is 1.08. The standard InChI is InChI=1S/C24H29N3O2/c1-23(2,3)21-10-19-20(14-26-21)29-18(15-28-19)12-24(4,5)11-16-9-17-7-6-8-25-22(17)27-13-16/h6-10,13-14,18H,11-12,15H2,1-5H3. The van der Waals surface area contributed by atoms with Gasteiger partial charge in [-0.15, -0.1) is 0 Å². The molecule has 29 heavy (non-hydrogen) atoms. The highest BCUT2D eigenvalue weighted by atomic mass is 16.6. The molecule has 0 spiro atoms. The van der Waals surface area contributed by atoms with Crippen LogP contribution < -0.4 is 9.47 Å². The van der Waals surface area contributed by atoms with E-state index >= 15 is 0 Å². The average molecular weight is 392 g/mol. The van der Waals surface area contributed by atoms with Gasteiger partial charge in [0.25, 0.3) is 0 Å². The quantitative estimate of drug-likeness (QED) is 0.618. The molecule has 4 rings (SSSR count). The summed E-state index contributed by atoms with van der Waals surface area (Å²) in [6.45, 7) is 11.5. The summed E-state index contributed by atoms with van der Waals surface area (Å²) < 4.78 is 12.3. The predicted molar refractivity (Wildman–Crippen MR) is 114 cm³/mol. The van der Waals surface area contributed by atoms with E-state index in [1.54, 1.807) is 12.4 Å². The second-order valence-corrected chi connectivity index (χ2v) is 9.76. The van der Waals surface area contributed by atoms with Crippen LogP contribution in [0.25, 0.3) is 11.0 Å². The zero-order chi connectivity index (χ0) is 20.6. The molecule has 0 radical (unpaired) electrons. The van der Waals surface area contributed by atoms with Crippen molar-refractivity contribution in [2.75, 3.05) is 6.61 Å². The molecule has 1 unspecified atom stereocenters. The second-order valence-electron chi connectivity index (χ2n) is 9.76. The average Bonchev–Trinajstić information content (AvgIpc) is 2.66. The van der Waals surface area contributed by atoms with Crippen LogP contribution >= 0.6 is 0 Å². The Morgan fingerprint density at radius 3 is 2.62 bits per heavy atom. The number of ether oxygens (including phenoxy) is 2. The fraction of sp³-hybridized carbons (Fsp3) is 0.458. The molecule has 0 aliphatic carbocycles. The van der Waals surface area contributed by atoms with Crippen molar-refractivity contribution >= 4 is 11.0 Å². The molecule has 1 atom stereocenters. The summed E-state index contributed by atoms with van der Waals surface area (Å²) in [6.07, 6.45) is 7.32. The van der Waals surface area contributed by atoms with E-state index < -0.39 is 0 Å². The van der Waals surface area contributed by atoms with E-state index in [0.29, 0.717) is 6.61 Å². The molecule has 0 aromatic carbocycles. The van der Waals surface area contributed by atoms with Gasteiger partial charge in [0.2, 0.25) is 0 Å². The van der Waals surface area contributed by atoms with Crippen molar-refractivity contribution in [3.05, 3.63) is 54.1 Å². The summed E-state index contributed by atoms with van der Waals surface area (Å²) in [5.74, 6) is 1.54. The van der Waals surface area contributed by atoms with Crippen molar-refractivity contribution in [2.45, 2.75) is 59.0 Å². The third-order valence-corrected chi connectivity index (χ3v) is 5.29. The van der Waals surface area contributed by atoms with Crippen LogP contribution in [0.1, 0.15) is 52.3 Å². The van der Waals surface area contributed by atoms with E-state index in [0.717, 1.165) is 41.1 Å². The zero-order valence-electron chi connectivity index (χ0n) is 17.9. The molecule has 3 aromatic rings. The van der Waals surface area contributed by atoms with Crippen molar-refractivity contribution in [3.8, 4) is 11.5 Å². The van der Waals surface area contributed by atoms with Gasteiger partial charge in [-0.2, -0.15) is 0 Å². The first-order chi connectivity index (χ1) is 13.7. The van der Waals surface area contributed by atoms with Crippen LogP contribution in [-0.4, -0.2) is 27.7 Å². The van der Waals surface area contributed by atoms with Gasteiger partial charge >= 0.3 is 0 Å². The van der Waals surface area contributed by atoms with E-state index in [9.17, 15) is 0 Å². The maximum absolute atomic E-state index is 6.23. The van der Waals surface area contributed by atoms with E-state index in [4.69, 9.17) is 9.47 Å². The molecule has 5 heteroatoms. The first kappa shape index (κ1) is 19.6. The Labute approximate surface area is 172 Å². The van der Waals surface area contributed by atoms with Crippen LogP contribution in [0.5, 0.6) is 11.5 Å². The third-order valence-electron chi connectivity index (χ3n) is 5.29. The molecule has 152 valence electrons. The number of hydrogen-bond acceptors (Lipinski definition) is 5. The first-order valence-corrected chi connectivity index (χ1v) is 10.2. The van der Waals surface area contributed by atoms with Gasteiger partial charge in [-0.05, 0) is 42.0 Å². The Hall–Kier alpha value is -2.69. The number of fused-ring (bicyclic) bond motifs is 2. The van der Waals surface area contributed by atoms with E-state index in [2.05, 4.69) is 61.7 Å². The van der Waals surface area contributed by atoms with Crippen molar-refractivity contribution in [3.63, 3.8) is 0 Å².